The summed E-state index contributed by atoms with van der Waals surface area (Å²) in [6.07, 6.45) is 5.59. The van der Waals surface area contributed by atoms with E-state index < -0.39 is 0 Å². The first-order valence-corrected chi connectivity index (χ1v) is 7.57. The van der Waals surface area contributed by atoms with Crippen molar-refractivity contribution in [2.45, 2.75) is 32.4 Å². The van der Waals surface area contributed by atoms with Gasteiger partial charge in [-0.2, -0.15) is 5.10 Å². The second-order valence-electron chi connectivity index (χ2n) is 5.75. The Labute approximate surface area is 131 Å². The molecule has 0 aliphatic heterocycles. The highest BCUT2D eigenvalue weighted by Gasteiger charge is 2.13. The molecule has 0 aliphatic rings. The van der Waals surface area contributed by atoms with Gasteiger partial charge < -0.3 is 10.2 Å². The number of nitrogens with zero attached hydrogens (tertiary/aromatic N) is 3. The summed E-state index contributed by atoms with van der Waals surface area (Å²) in [5, 5.41) is 7.15. The maximum atomic E-state index is 12.2. The average Bonchev–Trinajstić information content (AvgIpc) is 2.91. The molecule has 1 unspecified atom stereocenters. The summed E-state index contributed by atoms with van der Waals surface area (Å²) < 4.78 is 1.74. The zero-order valence-electron chi connectivity index (χ0n) is 13.5. The molecule has 0 radical (unpaired) electrons. The molecule has 1 aromatic heterocycles. The lowest BCUT2D eigenvalue weighted by Crippen LogP contribution is -2.41. The summed E-state index contributed by atoms with van der Waals surface area (Å²) in [6, 6.07) is 10.4. The number of benzene rings is 1. The lowest BCUT2D eigenvalue weighted by atomic mass is 10.1. The van der Waals surface area contributed by atoms with Gasteiger partial charge in [0.2, 0.25) is 0 Å². The molecule has 5 heteroatoms. The first-order chi connectivity index (χ1) is 10.5. The summed E-state index contributed by atoms with van der Waals surface area (Å²) in [5.41, 5.74) is 2.32. The highest BCUT2D eigenvalue weighted by Crippen LogP contribution is 2.06. The van der Waals surface area contributed by atoms with Crippen LogP contribution in [0.15, 0.2) is 42.7 Å². The van der Waals surface area contributed by atoms with Crippen molar-refractivity contribution >= 4 is 6.03 Å². The lowest BCUT2D eigenvalue weighted by molar-refractivity contribution is 0.203. The number of carbonyl (C=O) groups is 1. The lowest BCUT2D eigenvalue weighted by Gasteiger charge is -2.21. The second-order valence-corrected chi connectivity index (χ2v) is 5.75. The van der Waals surface area contributed by atoms with Crippen LogP contribution in [0.1, 0.15) is 24.5 Å². The van der Waals surface area contributed by atoms with Gasteiger partial charge in [-0.05, 0) is 25.3 Å². The fourth-order valence-electron chi connectivity index (χ4n) is 2.32. The maximum absolute atomic E-state index is 12.2. The zero-order valence-corrected chi connectivity index (χ0v) is 13.5. The van der Waals surface area contributed by atoms with E-state index >= 15 is 0 Å². The Morgan fingerprint density at radius 3 is 2.68 bits per heavy atom. The van der Waals surface area contributed by atoms with Crippen molar-refractivity contribution in [1.29, 1.82) is 0 Å². The van der Waals surface area contributed by atoms with Crippen LogP contribution in [0.25, 0.3) is 0 Å². The number of aromatic nitrogens is 2. The van der Waals surface area contributed by atoms with Crippen molar-refractivity contribution in [3.05, 3.63) is 53.9 Å². The fourth-order valence-corrected chi connectivity index (χ4v) is 2.32. The standard InChI is InChI=1S/C17H24N4O/c1-14(9-10-15-7-5-4-6-8-15)19-17(22)20(2)12-16-11-18-21(3)13-16/h4-8,11,13-14H,9-10,12H2,1-3H3,(H,19,22). The van der Waals surface area contributed by atoms with Gasteiger partial charge in [-0.3, -0.25) is 4.68 Å². The summed E-state index contributed by atoms with van der Waals surface area (Å²) in [7, 11) is 3.67. The summed E-state index contributed by atoms with van der Waals surface area (Å²) in [4.78, 5) is 13.8. The van der Waals surface area contributed by atoms with Crippen molar-refractivity contribution in [3.63, 3.8) is 0 Å². The van der Waals surface area contributed by atoms with Crippen LogP contribution in [0.3, 0.4) is 0 Å². The maximum Gasteiger partial charge on any atom is 0.317 e. The van der Waals surface area contributed by atoms with Gasteiger partial charge >= 0.3 is 6.03 Å². The van der Waals surface area contributed by atoms with E-state index in [4.69, 9.17) is 0 Å². The molecule has 0 saturated heterocycles. The van der Waals surface area contributed by atoms with E-state index in [0.717, 1.165) is 18.4 Å². The summed E-state index contributed by atoms with van der Waals surface area (Å²) in [6.45, 7) is 2.60. The highest BCUT2D eigenvalue weighted by molar-refractivity contribution is 5.74. The van der Waals surface area contributed by atoms with Crippen LogP contribution >= 0.6 is 0 Å². The predicted octanol–water partition coefficient (Wildman–Crippen LogP) is 2.58. The minimum atomic E-state index is -0.0515. The van der Waals surface area contributed by atoms with Gasteiger partial charge in [0.25, 0.3) is 0 Å². The Kier molecular flexibility index (Phi) is 5.58. The van der Waals surface area contributed by atoms with Crippen molar-refractivity contribution in [2.24, 2.45) is 7.05 Å². The topological polar surface area (TPSA) is 50.2 Å². The van der Waals surface area contributed by atoms with E-state index in [-0.39, 0.29) is 12.1 Å². The van der Waals surface area contributed by atoms with E-state index in [1.165, 1.54) is 5.56 Å². The first-order valence-electron chi connectivity index (χ1n) is 7.57. The molecule has 0 aliphatic carbocycles. The third-order valence-electron chi connectivity index (χ3n) is 3.60. The third kappa shape index (κ3) is 4.91. The van der Waals surface area contributed by atoms with E-state index in [9.17, 15) is 4.79 Å². The Morgan fingerprint density at radius 1 is 1.32 bits per heavy atom. The summed E-state index contributed by atoms with van der Waals surface area (Å²) in [5.74, 6) is 0. The molecule has 0 fully saturated rings. The smallest absolute Gasteiger partial charge is 0.317 e. The number of amides is 2. The Balaban J connectivity index is 1.75. The molecule has 1 heterocycles. The van der Waals surface area contributed by atoms with E-state index in [1.54, 1.807) is 22.8 Å². The average molecular weight is 300 g/mol. The number of nitrogens with one attached hydrogen (secondary N) is 1. The normalized spacial score (nSPS) is 12.0. The van der Waals surface area contributed by atoms with Crippen LogP contribution in [-0.4, -0.2) is 33.8 Å². The molecule has 2 rings (SSSR count). The van der Waals surface area contributed by atoms with Gasteiger partial charge in [0.1, 0.15) is 0 Å². The largest absolute Gasteiger partial charge is 0.336 e. The van der Waals surface area contributed by atoms with Crippen molar-refractivity contribution in [3.8, 4) is 0 Å². The zero-order chi connectivity index (χ0) is 15.9. The van der Waals surface area contributed by atoms with Crippen LogP contribution in [0.2, 0.25) is 0 Å². The van der Waals surface area contributed by atoms with Gasteiger partial charge in [0.15, 0.2) is 0 Å². The van der Waals surface area contributed by atoms with E-state index in [0.29, 0.717) is 6.54 Å². The van der Waals surface area contributed by atoms with Crippen molar-refractivity contribution in [1.82, 2.24) is 20.0 Å². The molecule has 0 bridgehead atoms. The Morgan fingerprint density at radius 2 is 2.05 bits per heavy atom. The molecule has 2 aromatic rings. The highest BCUT2D eigenvalue weighted by atomic mass is 16.2. The Hall–Kier alpha value is -2.30. The second kappa shape index (κ2) is 7.64. The van der Waals surface area contributed by atoms with Crippen molar-refractivity contribution < 1.29 is 4.79 Å². The number of carbonyl (C=O) groups excluding carboxylic acids is 1. The third-order valence-corrected chi connectivity index (χ3v) is 3.60. The molecule has 5 nitrogen and oxygen atoms in total. The predicted molar refractivity (Wildman–Crippen MR) is 87.4 cm³/mol. The first kappa shape index (κ1) is 16.1. The van der Waals surface area contributed by atoms with Crippen LogP contribution in [-0.2, 0) is 20.0 Å². The molecule has 0 spiro atoms. The quantitative estimate of drug-likeness (QED) is 0.891. The van der Waals surface area contributed by atoms with E-state index in [2.05, 4.69) is 22.5 Å². The number of rotatable bonds is 6. The van der Waals surface area contributed by atoms with Crippen LogP contribution < -0.4 is 5.32 Å². The van der Waals surface area contributed by atoms with Gasteiger partial charge in [0, 0.05) is 31.9 Å². The molecule has 1 N–H and O–H groups in total. The van der Waals surface area contributed by atoms with Gasteiger partial charge in [-0.25, -0.2) is 4.79 Å². The van der Waals surface area contributed by atoms with Crippen LogP contribution in [0.4, 0.5) is 4.79 Å². The number of urea groups is 1. The molecule has 118 valence electrons. The number of hydrogen-bond acceptors (Lipinski definition) is 2. The van der Waals surface area contributed by atoms with Gasteiger partial charge in [-0.15, -0.1) is 0 Å². The van der Waals surface area contributed by atoms with Gasteiger partial charge in [-0.1, -0.05) is 30.3 Å². The fraction of sp³-hybridized carbons (Fsp3) is 0.412. The molecular weight excluding hydrogens is 276 g/mol. The van der Waals surface area contributed by atoms with Gasteiger partial charge in [0.05, 0.1) is 12.7 Å². The number of hydrogen-bond donors (Lipinski definition) is 1. The molecular formula is C17H24N4O. The van der Waals surface area contributed by atoms with Crippen molar-refractivity contribution in [2.75, 3.05) is 7.05 Å². The molecule has 2 amide bonds. The molecule has 1 atom stereocenters. The SMILES string of the molecule is CC(CCc1ccccc1)NC(=O)N(C)Cc1cnn(C)c1. The monoisotopic (exact) mass is 300 g/mol. The molecule has 22 heavy (non-hydrogen) atoms. The molecule has 1 aromatic carbocycles. The number of aryl methyl sites for hydroxylation is 2. The minimum Gasteiger partial charge on any atom is -0.336 e. The summed E-state index contributed by atoms with van der Waals surface area (Å²) >= 11 is 0. The Bertz CT molecular complexity index is 594. The van der Waals surface area contributed by atoms with E-state index in [1.807, 2.05) is 38.4 Å². The van der Waals surface area contributed by atoms with Crippen LogP contribution in [0.5, 0.6) is 0 Å². The van der Waals surface area contributed by atoms with Crippen LogP contribution in [0, 0.1) is 0 Å². The molecule has 0 saturated carbocycles. The minimum absolute atomic E-state index is 0.0515.